The number of fused-ring (bicyclic) bond motifs is 1. The lowest BCUT2D eigenvalue weighted by molar-refractivity contribution is 1.22. The van der Waals surface area contributed by atoms with Crippen molar-refractivity contribution in [1.82, 2.24) is 14.1 Å². The van der Waals surface area contributed by atoms with E-state index in [0.29, 0.717) is 5.65 Å². The number of aromatic nitrogens is 3. The van der Waals surface area contributed by atoms with Gasteiger partial charge >= 0.3 is 0 Å². The highest BCUT2D eigenvalue weighted by molar-refractivity contribution is 6.18. The topological polar surface area (TPSA) is 30.7 Å². The summed E-state index contributed by atoms with van der Waals surface area (Å²) >= 11 is 5.74. The lowest BCUT2D eigenvalue weighted by Gasteiger charge is -1.91. The second-order valence-corrected chi connectivity index (χ2v) is 2.72. The van der Waals surface area contributed by atoms with Gasteiger partial charge in [-0.1, -0.05) is 0 Å². The highest BCUT2D eigenvalue weighted by Crippen LogP contribution is 2.11. The van der Waals surface area contributed by atoms with Crippen molar-refractivity contribution in [3.05, 3.63) is 24.2 Å². The second-order valence-electron chi connectivity index (χ2n) is 2.35. The van der Waals surface area contributed by atoms with Crippen LogP contribution in [0.15, 0.2) is 18.5 Å². The number of pyridine rings is 1. The third kappa shape index (κ3) is 0.973. The average Bonchev–Trinajstić information content (AvgIpc) is 2.32. The zero-order valence-electron chi connectivity index (χ0n) is 5.95. The highest BCUT2D eigenvalue weighted by atomic mass is 35.5. The monoisotopic (exact) mass is 167 g/mol. The number of hydrogen-bond donors (Lipinski definition) is 0. The second kappa shape index (κ2) is 2.20. The minimum absolute atomic E-state index is 0.694. The summed E-state index contributed by atoms with van der Waals surface area (Å²) in [6, 6.07) is 3.81. The Labute approximate surface area is 68.8 Å². The molecule has 4 heteroatoms. The molecule has 0 aromatic carbocycles. The van der Waals surface area contributed by atoms with Crippen LogP contribution in [0.25, 0.3) is 11.2 Å². The molecule has 56 valence electrons. The van der Waals surface area contributed by atoms with Crippen LogP contribution < -0.4 is 0 Å². The number of nitrogens with zero attached hydrogens (tertiary/aromatic N) is 3. The number of aryl methyl sites for hydroxylation is 1. The molecule has 0 unspecified atom stereocenters. The first-order valence-corrected chi connectivity index (χ1v) is 3.58. The van der Waals surface area contributed by atoms with Crippen LogP contribution >= 0.6 is 11.8 Å². The van der Waals surface area contributed by atoms with Crippen LogP contribution in [-0.4, -0.2) is 14.1 Å². The lowest BCUT2D eigenvalue weighted by atomic mass is 10.4. The van der Waals surface area contributed by atoms with Crippen LogP contribution in [0.4, 0.5) is 0 Å². The third-order valence-electron chi connectivity index (χ3n) is 1.51. The summed E-state index contributed by atoms with van der Waals surface area (Å²) < 4.78 is 1.43. The lowest BCUT2D eigenvalue weighted by Crippen LogP contribution is -1.82. The van der Waals surface area contributed by atoms with Crippen molar-refractivity contribution < 1.29 is 0 Å². The molecule has 0 amide bonds. The molecular formula is C7H6ClN3. The molecule has 0 saturated carbocycles. The molecule has 0 aliphatic carbocycles. The first-order chi connectivity index (χ1) is 5.27. The smallest absolute Gasteiger partial charge is 0.179 e. The van der Waals surface area contributed by atoms with Crippen molar-refractivity contribution in [1.29, 1.82) is 0 Å². The Hall–Kier alpha value is -1.09. The van der Waals surface area contributed by atoms with Gasteiger partial charge in [-0.15, -0.1) is 0 Å². The molecule has 0 saturated heterocycles. The molecule has 0 bridgehead atoms. The van der Waals surface area contributed by atoms with E-state index in [9.17, 15) is 0 Å². The number of imidazole rings is 1. The molecule has 0 radical (unpaired) electrons. The normalized spacial score (nSPS) is 10.7. The summed E-state index contributed by atoms with van der Waals surface area (Å²) in [7, 11) is 0. The van der Waals surface area contributed by atoms with Crippen molar-refractivity contribution in [2.24, 2.45) is 0 Å². The van der Waals surface area contributed by atoms with Gasteiger partial charge in [0.2, 0.25) is 0 Å². The van der Waals surface area contributed by atoms with E-state index < -0.39 is 0 Å². The van der Waals surface area contributed by atoms with Gasteiger partial charge in [-0.05, 0) is 19.1 Å². The molecule has 0 spiro atoms. The maximum atomic E-state index is 5.74. The third-order valence-corrected chi connectivity index (χ3v) is 1.77. The van der Waals surface area contributed by atoms with Crippen molar-refractivity contribution in [2.45, 2.75) is 6.92 Å². The van der Waals surface area contributed by atoms with Crippen molar-refractivity contribution in [2.75, 3.05) is 0 Å². The SMILES string of the molecule is Cc1ccc2c(ncn2Cl)n1. The van der Waals surface area contributed by atoms with E-state index in [1.54, 1.807) is 6.33 Å². The van der Waals surface area contributed by atoms with Crippen LogP contribution in [-0.2, 0) is 0 Å². The summed E-state index contributed by atoms with van der Waals surface area (Å²) in [5.74, 6) is 0. The summed E-state index contributed by atoms with van der Waals surface area (Å²) in [4.78, 5) is 8.18. The Bertz CT molecular complexity index is 393. The maximum Gasteiger partial charge on any atom is 0.179 e. The first-order valence-electron chi connectivity index (χ1n) is 3.24. The fourth-order valence-corrected chi connectivity index (χ4v) is 1.14. The summed E-state index contributed by atoms with van der Waals surface area (Å²) in [6.45, 7) is 1.92. The molecule has 2 heterocycles. The standard InChI is InChI=1S/C7H6ClN3/c1-5-2-3-6-7(10-5)9-4-11(6)8/h2-4H,1H3. The van der Waals surface area contributed by atoms with Crippen LogP contribution in [0.1, 0.15) is 5.69 Å². The first kappa shape index (κ1) is 6.61. The van der Waals surface area contributed by atoms with Gasteiger partial charge in [-0.3, -0.25) is 0 Å². The van der Waals surface area contributed by atoms with Crippen molar-refractivity contribution >= 4 is 22.9 Å². The fraction of sp³-hybridized carbons (Fsp3) is 0.143. The quantitative estimate of drug-likeness (QED) is 0.599. The van der Waals surface area contributed by atoms with Crippen LogP contribution in [0.3, 0.4) is 0 Å². The summed E-state index contributed by atoms with van der Waals surface area (Å²) in [6.07, 6.45) is 1.54. The molecule has 0 aliphatic heterocycles. The molecule has 3 nitrogen and oxygen atoms in total. The molecule has 2 aromatic heterocycles. The van der Waals surface area contributed by atoms with Gasteiger partial charge in [-0.25, -0.2) is 14.1 Å². The highest BCUT2D eigenvalue weighted by Gasteiger charge is 2.00. The molecule has 2 aromatic rings. The molecular weight excluding hydrogens is 162 g/mol. The Kier molecular flexibility index (Phi) is 1.32. The molecule has 2 rings (SSSR count). The van der Waals surface area contributed by atoms with E-state index in [1.807, 2.05) is 19.1 Å². The Balaban J connectivity index is 2.86. The minimum Gasteiger partial charge on any atom is -0.239 e. The molecule has 0 aliphatic rings. The Morgan fingerprint density at radius 1 is 1.45 bits per heavy atom. The fourth-order valence-electron chi connectivity index (χ4n) is 0.965. The van der Waals surface area contributed by atoms with E-state index in [0.717, 1.165) is 11.2 Å². The van der Waals surface area contributed by atoms with E-state index in [4.69, 9.17) is 11.8 Å². The largest absolute Gasteiger partial charge is 0.239 e. The van der Waals surface area contributed by atoms with E-state index in [-0.39, 0.29) is 0 Å². The minimum atomic E-state index is 0.694. The zero-order chi connectivity index (χ0) is 7.84. The summed E-state index contributed by atoms with van der Waals surface area (Å²) in [5.41, 5.74) is 2.49. The average molecular weight is 168 g/mol. The van der Waals surface area contributed by atoms with Gasteiger partial charge in [0.1, 0.15) is 11.8 Å². The number of hydrogen-bond acceptors (Lipinski definition) is 2. The van der Waals surface area contributed by atoms with Crippen LogP contribution in [0, 0.1) is 6.92 Å². The number of rotatable bonds is 0. The summed E-state index contributed by atoms with van der Waals surface area (Å²) in [5, 5.41) is 0. The van der Waals surface area contributed by atoms with Gasteiger partial charge < -0.3 is 0 Å². The molecule has 11 heavy (non-hydrogen) atoms. The maximum absolute atomic E-state index is 5.74. The van der Waals surface area contributed by atoms with Gasteiger partial charge in [0.05, 0.1) is 0 Å². The number of halogens is 1. The molecule has 0 N–H and O–H groups in total. The van der Waals surface area contributed by atoms with E-state index >= 15 is 0 Å². The Morgan fingerprint density at radius 3 is 3.09 bits per heavy atom. The van der Waals surface area contributed by atoms with Gasteiger partial charge in [0, 0.05) is 17.5 Å². The zero-order valence-corrected chi connectivity index (χ0v) is 6.71. The van der Waals surface area contributed by atoms with Crippen molar-refractivity contribution in [3.63, 3.8) is 0 Å². The van der Waals surface area contributed by atoms with Crippen LogP contribution in [0.2, 0.25) is 0 Å². The molecule has 0 fully saturated rings. The predicted octanol–water partition coefficient (Wildman–Crippen LogP) is 1.74. The van der Waals surface area contributed by atoms with Crippen molar-refractivity contribution in [3.8, 4) is 0 Å². The van der Waals surface area contributed by atoms with E-state index in [1.165, 1.54) is 4.09 Å². The molecule has 0 atom stereocenters. The van der Waals surface area contributed by atoms with Gasteiger partial charge in [0.15, 0.2) is 5.65 Å². The predicted molar refractivity (Wildman–Crippen MR) is 43.5 cm³/mol. The Morgan fingerprint density at radius 2 is 2.27 bits per heavy atom. The van der Waals surface area contributed by atoms with Gasteiger partial charge in [0.25, 0.3) is 0 Å². The van der Waals surface area contributed by atoms with Gasteiger partial charge in [-0.2, -0.15) is 0 Å². The van der Waals surface area contributed by atoms with E-state index in [2.05, 4.69) is 9.97 Å². The van der Waals surface area contributed by atoms with Crippen LogP contribution in [0.5, 0.6) is 0 Å².